The molecule has 1 saturated heterocycles. The van der Waals surface area contributed by atoms with Crippen LogP contribution in [-0.2, 0) is 0 Å². The molecule has 1 aliphatic heterocycles. The molecule has 9 heavy (non-hydrogen) atoms. The van der Waals surface area contributed by atoms with Crippen LogP contribution in [0.2, 0.25) is 0 Å². The van der Waals surface area contributed by atoms with Crippen molar-refractivity contribution < 1.29 is 5.11 Å². The molecule has 0 saturated carbocycles. The second-order valence-corrected chi connectivity index (χ2v) is 2.30. The average molecular weight is 147 g/mol. The van der Waals surface area contributed by atoms with E-state index in [-0.39, 0.29) is 6.61 Å². The topological polar surface area (TPSA) is 47.5 Å². The molecule has 0 aliphatic carbocycles. The number of thiocarbonyl (C=S) groups is 1. The summed E-state index contributed by atoms with van der Waals surface area (Å²) in [6.45, 7) is 1.44. The first-order valence-electron chi connectivity index (χ1n) is 2.73. The molecular weight excluding hydrogens is 138 g/mol. The van der Waals surface area contributed by atoms with Gasteiger partial charge in [-0.3, -0.25) is 0 Å². The number of hydrogen-bond donors (Lipinski definition) is 3. The van der Waals surface area contributed by atoms with Gasteiger partial charge in [0.05, 0.1) is 13.2 Å². The molecular formula is C4H9N3OS. The summed E-state index contributed by atoms with van der Waals surface area (Å²) in [4.78, 5) is 0.767. The summed E-state index contributed by atoms with van der Waals surface area (Å²) in [5.74, 6) is 0. The highest BCUT2D eigenvalue weighted by atomic mass is 32.1. The zero-order valence-corrected chi connectivity index (χ0v) is 5.74. The van der Waals surface area contributed by atoms with E-state index in [1.807, 2.05) is 5.01 Å². The Labute approximate surface area is 58.8 Å². The molecule has 0 bridgehead atoms. The van der Waals surface area contributed by atoms with E-state index in [0.29, 0.717) is 13.1 Å². The third kappa shape index (κ3) is 1.87. The maximum Gasteiger partial charge on any atom is 0.106 e. The SMILES string of the molecule is OCCN1CC(=S)NN1. The van der Waals surface area contributed by atoms with Crippen molar-refractivity contribution in [2.45, 2.75) is 0 Å². The van der Waals surface area contributed by atoms with Gasteiger partial charge < -0.3 is 10.5 Å². The Kier molecular flexibility index (Phi) is 2.35. The van der Waals surface area contributed by atoms with Gasteiger partial charge in [0.25, 0.3) is 0 Å². The molecule has 0 aromatic carbocycles. The summed E-state index contributed by atoms with van der Waals surface area (Å²) in [7, 11) is 0. The highest BCUT2D eigenvalue weighted by Crippen LogP contribution is 1.87. The number of hydrazine groups is 2. The zero-order chi connectivity index (χ0) is 6.69. The van der Waals surface area contributed by atoms with Gasteiger partial charge in [-0.2, -0.15) is 5.53 Å². The second-order valence-electron chi connectivity index (χ2n) is 1.81. The van der Waals surface area contributed by atoms with Crippen molar-refractivity contribution in [3.8, 4) is 0 Å². The Morgan fingerprint density at radius 3 is 3.00 bits per heavy atom. The van der Waals surface area contributed by atoms with Crippen LogP contribution in [0.1, 0.15) is 0 Å². The predicted octanol–water partition coefficient (Wildman–Crippen LogP) is -1.37. The molecule has 1 aliphatic rings. The average Bonchev–Trinajstić information content (AvgIpc) is 2.17. The molecule has 0 spiro atoms. The maximum absolute atomic E-state index is 8.46. The smallest absolute Gasteiger partial charge is 0.106 e. The fourth-order valence-electron chi connectivity index (χ4n) is 0.649. The fourth-order valence-corrected chi connectivity index (χ4v) is 0.851. The summed E-state index contributed by atoms with van der Waals surface area (Å²) in [6.07, 6.45) is 0. The number of rotatable bonds is 2. The lowest BCUT2D eigenvalue weighted by atomic mass is 10.6. The van der Waals surface area contributed by atoms with Gasteiger partial charge in [-0.05, 0) is 0 Å². The van der Waals surface area contributed by atoms with Crippen LogP contribution >= 0.6 is 12.2 Å². The first-order valence-corrected chi connectivity index (χ1v) is 3.14. The lowest BCUT2D eigenvalue weighted by Crippen LogP contribution is -2.37. The number of hydrogen-bond acceptors (Lipinski definition) is 4. The van der Waals surface area contributed by atoms with E-state index in [4.69, 9.17) is 17.3 Å². The molecule has 52 valence electrons. The number of aliphatic hydroxyl groups excluding tert-OH is 1. The number of nitrogens with one attached hydrogen (secondary N) is 2. The van der Waals surface area contributed by atoms with Gasteiger partial charge in [0.1, 0.15) is 4.99 Å². The quantitative estimate of drug-likeness (QED) is 0.421. The molecule has 0 unspecified atom stereocenters. The molecule has 0 aromatic heterocycles. The summed E-state index contributed by atoms with van der Waals surface area (Å²) in [5, 5.41) is 10.3. The molecule has 0 aromatic rings. The van der Waals surface area contributed by atoms with Crippen molar-refractivity contribution in [2.75, 3.05) is 19.7 Å². The van der Waals surface area contributed by atoms with Gasteiger partial charge in [-0.25, -0.2) is 5.01 Å². The molecule has 0 amide bonds. The minimum Gasteiger partial charge on any atom is -0.395 e. The summed E-state index contributed by atoms with van der Waals surface area (Å²) in [6, 6.07) is 0. The monoisotopic (exact) mass is 147 g/mol. The molecule has 1 fully saturated rings. The van der Waals surface area contributed by atoms with Crippen molar-refractivity contribution in [3.05, 3.63) is 0 Å². The molecule has 1 heterocycles. The van der Waals surface area contributed by atoms with E-state index in [1.165, 1.54) is 0 Å². The summed E-state index contributed by atoms with van der Waals surface area (Å²) >= 11 is 4.81. The van der Waals surface area contributed by atoms with E-state index in [1.54, 1.807) is 0 Å². The van der Waals surface area contributed by atoms with Crippen molar-refractivity contribution in [1.29, 1.82) is 0 Å². The molecule has 0 radical (unpaired) electrons. The van der Waals surface area contributed by atoms with Crippen LogP contribution in [0.25, 0.3) is 0 Å². The van der Waals surface area contributed by atoms with Crippen molar-refractivity contribution in [3.63, 3.8) is 0 Å². The van der Waals surface area contributed by atoms with Crippen LogP contribution in [0.3, 0.4) is 0 Å². The van der Waals surface area contributed by atoms with Gasteiger partial charge >= 0.3 is 0 Å². The second kappa shape index (κ2) is 3.07. The van der Waals surface area contributed by atoms with E-state index in [2.05, 4.69) is 11.0 Å². The number of nitrogens with zero attached hydrogens (tertiary/aromatic N) is 1. The normalized spacial score (nSPS) is 20.3. The van der Waals surface area contributed by atoms with Crippen LogP contribution in [0.4, 0.5) is 0 Å². The van der Waals surface area contributed by atoms with E-state index in [0.717, 1.165) is 4.99 Å². The van der Waals surface area contributed by atoms with Gasteiger partial charge in [-0.1, -0.05) is 12.2 Å². The van der Waals surface area contributed by atoms with Gasteiger partial charge in [-0.15, -0.1) is 0 Å². The predicted molar refractivity (Wildman–Crippen MR) is 37.5 cm³/mol. The van der Waals surface area contributed by atoms with Crippen LogP contribution in [0.15, 0.2) is 0 Å². The minimum atomic E-state index is 0.150. The Morgan fingerprint density at radius 2 is 2.56 bits per heavy atom. The Morgan fingerprint density at radius 1 is 1.78 bits per heavy atom. The highest BCUT2D eigenvalue weighted by Gasteiger charge is 2.12. The first-order chi connectivity index (χ1) is 4.33. The molecule has 4 nitrogen and oxygen atoms in total. The standard InChI is InChI=1S/C4H9N3OS/c8-2-1-7-3-4(9)5-6-7/h6,8H,1-3H2,(H,5,9). The van der Waals surface area contributed by atoms with Crippen LogP contribution in [-0.4, -0.2) is 34.8 Å². The molecule has 5 heteroatoms. The number of aliphatic hydroxyl groups is 1. The summed E-state index contributed by atoms with van der Waals surface area (Å²) in [5.41, 5.74) is 5.54. The van der Waals surface area contributed by atoms with E-state index >= 15 is 0 Å². The van der Waals surface area contributed by atoms with Crippen LogP contribution < -0.4 is 11.0 Å². The lowest BCUT2D eigenvalue weighted by molar-refractivity contribution is 0.172. The third-order valence-electron chi connectivity index (χ3n) is 1.06. The molecule has 0 atom stereocenters. The Hall–Kier alpha value is -0.230. The minimum absolute atomic E-state index is 0.150. The lowest BCUT2D eigenvalue weighted by Gasteiger charge is -2.09. The third-order valence-corrected chi connectivity index (χ3v) is 1.29. The van der Waals surface area contributed by atoms with Crippen molar-refractivity contribution >= 4 is 17.2 Å². The summed E-state index contributed by atoms with van der Waals surface area (Å²) < 4.78 is 0. The van der Waals surface area contributed by atoms with Crippen LogP contribution in [0, 0.1) is 0 Å². The van der Waals surface area contributed by atoms with Gasteiger partial charge in [0.2, 0.25) is 0 Å². The zero-order valence-electron chi connectivity index (χ0n) is 4.92. The van der Waals surface area contributed by atoms with Gasteiger partial charge in [0.15, 0.2) is 0 Å². The molecule has 3 N–H and O–H groups in total. The van der Waals surface area contributed by atoms with Gasteiger partial charge in [0, 0.05) is 6.54 Å². The number of β-amino-alcohol motifs (C(OH)–C–C–N with tert-alkyl or cyclic N) is 1. The van der Waals surface area contributed by atoms with Crippen molar-refractivity contribution in [2.24, 2.45) is 0 Å². The van der Waals surface area contributed by atoms with E-state index < -0.39 is 0 Å². The van der Waals surface area contributed by atoms with E-state index in [9.17, 15) is 0 Å². The highest BCUT2D eigenvalue weighted by molar-refractivity contribution is 7.80. The largest absolute Gasteiger partial charge is 0.395 e. The fraction of sp³-hybridized carbons (Fsp3) is 0.750. The first kappa shape index (κ1) is 6.88. The Balaban J connectivity index is 2.22. The van der Waals surface area contributed by atoms with Crippen molar-refractivity contribution in [1.82, 2.24) is 16.0 Å². The Bertz CT molecular complexity index is 118. The maximum atomic E-state index is 8.46. The van der Waals surface area contributed by atoms with Crippen LogP contribution in [0.5, 0.6) is 0 Å². The molecule has 1 rings (SSSR count).